The lowest BCUT2D eigenvalue weighted by Crippen LogP contribution is -2.30. The zero-order valence-electron chi connectivity index (χ0n) is 12.5. The smallest absolute Gasteiger partial charge is 0.223 e. The maximum atomic E-state index is 11.6. The predicted molar refractivity (Wildman–Crippen MR) is 83.2 cm³/mol. The van der Waals surface area contributed by atoms with Crippen LogP contribution in [0.15, 0.2) is 18.2 Å². The van der Waals surface area contributed by atoms with Crippen molar-refractivity contribution in [3.05, 3.63) is 23.8 Å². The number of benzene rings is 1. The minimum Gasteiger partial charge on any atom is -0.382 e. The third-order valence-electron chi connectivity index (χ3n) is 4.82. The van der Waals surface area contributed by atoms with Crippen LogP contribution in [-0.4, -0.2) is 18.5 Å². The summed E-state index contributed by atoms with van der Waals surface area (Å²) in [6, 6.07) is 7.06. The molecule has 2 unspecified atom stereocenters. The van der Waals surface area contributed by atoms with Gasteiger partial charge in [-0.3, -0.25) is 4.79 Å². The number of nitrogens with zero attached hydrogens (tertiary/aromatic N) is 1. The quantitative estimate of drug-likeness (QED) is 0.892. The van der Waals surface area contributed by atoms with Crippen molar-refractivity contribution in [3.63, 3.8) is 0 Å². The number of hydrogen-bond donors (Lipinski definition) is 1. The molecule has 0 aromatic heterocycles. The van der Waals surface area contributed by atoms with Crippen LogP contribution in [0, 0.1) is 5.92 Å². The second kappa shape index (κ2) is 5.47. The molecular formula is C17H24N2O. The summed E-state index contributed by atoms with van der Waals surface area (Å²) >= 11 is 0. The van der Waals surface area contributed by atoms with Crippen LogP contribution in [0.1, 0.15) is 45.1 Å². The molecule has 0 radical (unpaired) electrons. The Labute approximate surface area is 121 Å². The minimum absolute atomic E-state index is 0.144. The van der Waals surface area contributed by atoms with Gasteiger partial charge in [-0.1, -0.05) is 19.8 Å². The van der Waals surface area contributed by atoms with Gasteiger partial charge in [-0.05, 0) is 48.9 Å². The second-order valence-electron chi connectivity index (χ2n) is 6.28. The molecule has 3 nitrogen and oxygen atoms in total. The number of amides is 1. The molecule has 2 atom stereocenters. The van der Waals surface area contributed by atoms with E-state index in [0.717, 1.165) is 24.6 Å². The van der Waals surface area contributed by atoms with Crippen molar-refractivity contribution in [2.24, 2.45) is 5.92 Å². The molecular weight excluding hydrogens is 248 g/mol. The van der Waals surface area contributed by atoms with Gasteiger partial charge in [0.25, 0.3) is 0 Å². The van der Waals surface area contributed by atoms with E-state index in [2.05, 4.69) is 30.4 Å². The fourth-order valence-electron chi connectivity index (χ4n) is 3.56. The summed E-state index contributed by atoms with van der Waals surface area (Å²) in [6.45, 7) is 4.82. The average Bonchev–Trinajstić information content (AvgIpc) is 2.84. The molecule has 1 aromatic rings. The lowest BCUT2D eigenvalue weighted by Gasteiger charge is -2.30. The van der Waals surface area contributed by atoms with E-state index in [1.807, 2.05) is 4.90 Å². The van der Waals surface area contributed by atoms with Gasteiger partial charge in [0.2, 0.25) is 5.91 Å². The summed E-state index contributed by atoms with van der Waals surface area (Å²) < 4.78 is 0. The van der Waals surface area contributed by atoms with Crippen molar-refractivity contribution in [1.29, 1.82) is 0 Å². The van der Waals surface area contributed by atoms with Gasteiger partial charge in [0.05, 0.1) is 0 Å². The third kappa shape index (κ3) is 2.54. The summed E-state index contributed by atoms with van der Waals surface area (Å²) in [4.78, 5) is 13.4. The third-order valence-corrected chi connectivity index (χ3v) is 4.82. The molecule has 3 rings (SSSR count). The average molecular weight is 272 g/mol. The molecule has 0 spiro atoms. The second-order valence-corrected chi connectivity index (χ2v) is 6.28. The van der Waals surface area contributed by atoms with Crippen LogP contribution in [0.5, 0.6) is 0 Å². The van der Waals surface area contributed by atoms with Gasteiger partial charge in [-0.25, -0.2) is 0 Å². The molecule has 1 amide bonds. The number of carbonyl (C=O) groups is 1. The summed E-state index contributed by atoms with van der Waals surface area (Å²) in [7, 11) is 0. The molecule has 3 heteroatoms. The molecule has 108 valence electrons. The number of anilines is 2. The Morgan fingerprint density at radius 1 is 1.30 bits per heavy atom. The van der Waals surface area contributed by atoms with Crippen molar-refractivity contribution >= 4 is 17.3 Å². The first-order chi connectivity index (χ1) is 9.65. The Morgan fingerprint density at radius 2 is 2.10 bits per heavy atom. The molecule has 1 saturated carbocycles. The van der Waals surface area contributed by atoms with Crippen LogP contribution in [0.4, 0.5) is 11.4 Å². The largest absolute Gasteiger partial charge is 0.382 e. The molecule has 1 aliphatic carbocycles. The van der Waals surface area contributed by atoms with E-state index >= 15 is 0 Å². The molecule has 2 aliphatic rings. The monoisotopic (exact) mass is 272 g/mol. The standard InChI is InChI=1S/C17H24N2O/c1-12-5-3-4-6-16(12)18-15-7-8-17-14(11-15)9-10-19(17)13(2)20/h7-8,11-12,16,18H,3-6,9-10H2,1-2H3. The van der Waals surface area contributed by atoms with Crippen molar-refractivity contribution in [2.75, 3.05) is 16.8 Å². The molecule has 0 bridgehead atoms. The van der Waals surface area contributed by atoms with Gasteiger partial charge in [-0.15, -0.1) is 0 Å². The molecule has 1 N–H and O–H groups in total. The molecule has 1 aromatic carbocycles. The fraction of sp³-hybridized carbons (Fsp3) is 0.588. The van der Waals surface area contributed by atoms with Crippen molar-refractivity contribution in [3.8, 4) is 0 Å². The Morgan fingerprint density at radius 3 is 2.85 bits per heavy atom. The van der Waals surface area contributed by atoms with E-state index in [-0.39, 0.29) is 5.91 Å². The Bertz CT molecular complexity index is 512. The topological polar surface area (TPSA) is 32.3 Å². The highest BCUT2D eigenvalue weighted by Gasteiger charge is 2.24. The van der Waals surface area contributed by atoms with Crippen LogP contribution in [-0.2, 0) is 11.2 Å². The van der Waals surface area contributed by atoms with Crippen molar-refractivity contribution < 1.29 is 4.79 Å². The number of fused-ring (bicyclic) bond motifs is 1. The van der Waals surface area contributed by atoms with E-state index in [4.69, 9.17) is 0 Å². The molecule has 20 heavy (non-hydrogen) atoms. The first kappa shape index (κ1) is 13.5. The van der Waals surface area contributed by atoms with Gasteiger partial charge in [0.15, 0.2) is 0 Å². The van der Waals surface area contributed by atoms with Crippen LogP contribution >= 0.6 is 0 Å². The van der Waals surface area contributed by atoms with Crippen molar-refractivity contribution in [2.45, 2.75) is 52.0 Å². The highest BCUT2D eigenvalue weighted by Crippen LogP contribution is 2.32. The van der Waals surface area contributed by atoms with Gasteiger partial charge < -0.3 is 10.2 Å². The van der Waals surface area contributed by atoms with Gasteiger partial charge in [0.1, 0.15) is 0 Å². The number of carbonyl (C=O) groups excluding carboxylic acids is 1. The van der Waals surface area contributed by atoms with E-state index in [1.165, 1.54) is 36.9 Å². The first-order valence-corrected chi connectivity index (χ1v) is 7.83. The van der Waals surface area contributed by atoms with Crippen LogP contribution in [0.2, 0.25) is 0 Å². The summed E-state index contributed by atoms with van der Waals surface area (Å²) in [5, 5.41) is 3.70. The highest BCUT2D eigenvalue weighted by molar-refractivity contribution is 5.94. The van der Waals surface area contributed by atoms with E-state index in [9.17, 15) is 4.79 Å². The maximum Gasteiger partial charge on any atom is 0.223 e. The van der Waals surface area contributed by atoms with Gasteiger partial charge in [-0.2, -0.15) is 0 Å². The van der Waals surface area contributed by atoms with E-state index < -0.39 is 0 Å². The predicted octanol–water partition coefficient (Wildman–Crippen LogP) is 3.59. The number of rotatable bonds is 2. The Balaban J connectivity index is 1.75. The lowest BCUT2D eigenvalue weighted by atomic mass is 9.86. The first-order valence-electron chi connectivity index (χ1n) is 7.83. The SMILES string of the molecule is CC(=O)N1CCc2cc(NC3CCCCC3C)ccc21. The van der Waals surface area contributed by atoms with Crippen molar-refractivity contribution in [1.82, 2.24) is 0 Å². The number of hydrogen-bond acceptors (Lipinski definition) is 2. The minimum atomic E-state index is 0.144. The molecule has 1 heterocycles. The van der Waals surface area contributed by atoms with Crippen LogP contribution < -0.4 is 10.2 Å². The summed E-state index contributed by atoms with van der Waals surface area (Å²) in [5.74, 6) is 0.899. The molecule has 0 saturated heterocycles. The zero-order valence-corrected chi connectivity index (χ0v) is 12.5. The molecule has 1 aliphatic heterocycles. The number of nitrogens with one attached hydrogen (secondary N) is 1. The Kier molecular flexibility index (Phi) is 3.68. The maximum absolute atomic E-state index is 11.6. The van der Waals surface area contributed by atoms with Gasteiger partial charge >= 0.3 is 0 Å². The van der Waals surface area contributed by atoms with E-state index in [1.54, 1.807) is 6.92 Å². The fourth-order valence-corrected chi connectivity index (χ4v) is 3.56. The van der Waals surface area contributed by atoms with Crippen LogP contribution in [0.3, 0.4) is 0 Å². The van der Waals surface area contributed by atoms with Crippen LogP contribution in [0.25, 0.3) is 0 Å². The summed E-state index contributed by atoms with van der Waals surface area (Å²) in [5.41, 5.74) is 3.61. The lowest BCUT2D eigenvalue weighted by molar-refractivity contribution is -0.116. The molecule has 1 fully saturated rings. The zero-order chi connectivity index (χ0) is 14.1. The van der Waals surface area contributed by atoms with Gasteiger partial charge in [0, 0.05) is 30.9 Å². The normalized spacial score (nSPS) is 25.4. The Hall–Kier alpha value is -1.51. The van der Waals surface area contributed by atoms with E-state index in [0.29, 0.717) is 6.04 Å². The highest BCUT2D eigenvalue weighted by atomic mass is 16.2. The summed E-state index contributed by atoms with van der Waals surface area (Å²) in [6.07, 6.45) is 6.30.